The van der Waals surface area contributed by atoms with Crippen LogP contribution < -0.4 is 10.6 Å². The number of aryl methyl sites for hydroxylation is 1. The summed E-state index contributed by atoms with van der Waals surface area (Å²) in [6.07, 6.45) is 7.15. The Hall–Kier alpha value is -1.35. The van der Waals surface area contributed by atoms with Gasteiger partial charge in [0.2, 0.25) is 5.91 Å². The molecule has 0 heterocycles. The van der Waals surface area contributed by atoms with Gasteiger partial charge in [-0.3, -0.25) is 4.79 Å². The Labute approximate surface area is 128 Å². The van der Waals surface area contributed by atoms with E-state index in [1.54, 1.807) is 0 Å². The van der Waals surface area contributed by atoms with Crippen LogP contribution in [-0.4, -0.2) is 18.5 Å². The van der Waals surface area contributed by atoms with Gasteiger partial charge in [0.15, 0.2) is 0 Å². The molecule has 0 radical (unpaired) electrons. The van der Waals surface area contributed by atoms with Crippen LogP contribution in [0, 0.1) is 0 Å². The number of hydrogen-bond donors (Lipinski definition) is 2. The van der Waals surface area contributed by atoms with Crippen molar-refractivity contribution in [3.8, 4) is 0 Å². The lowest BCUT2D eigenvalue weighted by atomic mass is 9.95. The third kappa shape index (κ3) is 5.16. The van der Waals surface area contributed by atoms with Crippen molar-refractivity contribution in [1.82, 2.24) is 10.6 Å². The van der Waals surface area contributed by atoms with Crippen molar-refractivity contribution in [3.05, 3.63) is 35.4 Å². The highest BCUT2D eigenvalue weighted by Gasteiger charge is 2.16. The molecule has 116 valence electrons. The molecule has 1 unspecified atom stereocenters. The smallest absolute Gasteiger partial charge is 0.234 e. The first kappa shape index (κ1) is 16.0. The van der Waals surface area contributed by atoms with Crippen LogP contribution in [0.3, 0.4) is 0 Å². The Morgan fingerprint density at radius 2 is 1.86 bits per heavy atom. The molecule has 1 fully saturated rings. The molecule has 2 N–H and O–H groups in total. The quantitative estimate of drug-likeness (QED) is 0.843. The molecule has 21 heavy (non-hydrogen) atoms. The SMILES string of the molecule is CCc1ccc(C(C)NCC(=O)NC2CCCCC2)cc1. The lowest BCUT2D eigenvalue weighted by molar-refractivity contribution is -0.121. The monoisotopic (exact) mass is 288 g/mol. The summed E-state index contributed by atoms with van der Waals surface area (Å²) in [7, 11) is 0. The Kier molecular flexibility index (Phi) is 6.24. The molecule has 3 nitrogen and oxygen atoms in total. The summed E-state index contributed by atoms with van der Waals surface area (Å²) in [5, 5.41) is 6.46. The van der Waals surface area contributed by atoms with Gasteiger partial charge >= 0.3 is 0 Å². The van der Waals surface area contributed by atoms with Gasteiger partial charge in [0.25, 0.3) is 0 Å². The third-order valence-corrected chi connectivity index (χ3v) is 4.43. The summed E-state index contributed by atoms with van der Waals surface area (Å²) in [5.74, 6) is 0.124. The minimum atomic E-state index is 0.124. The third-order valence-electron chi connectivity index (χ3n) is 4.43. The van der Waals surface area contributed by atoms with E-state index in [0.717, 1.165) is 19.3 Å². The van der Waals surface area contributed by atoms with E-state index in [1.807, 2.05) is 0 Å². The average Bonchev–Trinajstić information content (AvgIpc) is 2.53. The highest BCUT2D eigenvalue weighted by atomic mass is 16.1. The molecule has 3 heteroatoms. The zero-order valence-electron chi connectivity index (χ0n) is 13.3. The van der Waals surface area contributed by atoms with Gasteiger partial charge in [-0.1, -0.05) is 50.5 Å². The molecule has 1 aromatic rings. The van der Waals surface area contributed by atoms with Crippen LogP contribution in [0.4, 0.5) is 0 Å². The zero-order chi connectivity index (χ0) is 15.1. The van der Waals surface area contributed by atoms with Crippen LogP contribution in [0.1, 0.15) is 63.1 Å². The molecule has 0 aromatic heterocycles. The van der Waals surface area contributed by atoms with E-state index in [0.29, 0.717) is 12.6 Å². The van der Waals surface area contributed by atoms with Gasteiger partial charge in [0.05, 0.1) is 6.54 Å². The van der Waals surface area contributed by atoms with Crippen molar-refractivity contribution in [3.63, 3.8) is 0 Å². The topological polar surface area (TPSA) is 41.1 Å². The van der Waals surface area contributed by atoms with Crippen molar-refractivity contribution in [2.45, 2.75) is 64.5 Å². The predicted octanol–water partition coefficient (Wildman–Crippen LogP) is 3.35. The molecule has 1 aliphatic carbocycles. The molecule has 2 rings (SSSR count). The second-order valence-corrected chi connectivity index (χ2v) is 6.10. The van der Waals surface area contributed by atoms with E-state index in [1.165, 1.54) is 30.4 Å². The van der Waals surface area contributed by atoms with E-state index in [2.05, 4.69) is 48.7 Å². The molecule has 0 bridgehead atoms. The van der Waals surface area contributed by atoms with E-state index in [-0.39, 0.29) is 11.9 Å². The van der Waals surface area contributed by atoms with Crippen LogP contribution in [0.5, 0.6) is 0 Å². The van der Waals surface area contributed by atoms with Gasteiger partial charge < -0.3 is 10.6 Å². The van der Waals surface area contributed by atoms with Gasteiger partial charge in [0, 0.05) is 12.1 Å². The van der Waals surface area contributed by atoms with Crippen LogP contribution in [0.2, 0.25) is 0 Å². The van der Waals surface area contributed by atoms with Gasteiger partial charge in [-0.05, 0) is 37.3 Å². The maximum atomic E-state index is 12.0. The van der Waals surface area contributed by atoms with E-state index < -0.39 is 0 Å². The standard InChI is InChI=1S/C18H28N2O/c1-3-15-9-11-16(12-10-15)14(2)19-13-18(21)20-17-7-5-4-6-8-17/h9-12,14,17,19H,3-8,13H2,1-2H3,(H,20,21). The highest BCUT2D eigenvalue weighted by Crippen LogP contribution is 2.17. The molecule has 1 aromatic carbocycles. The molecule has 0 spiro atoms. The Bertz CT molecular complexity index is 435. The molecule has 1 atom stereocenters. The van der Waals surface area contributed by atoms with Crippen molar-refractivity contribution in [1.29, 1.82) is 0 Å². The second-order valence-electron chi connectivity index (χ2n) is 6.10. The summed E-state index contributed by atoms with van der Waals surface area (Å²) in [5.41, 5.74) is 2.58. The predicted molar refractivity (Wildman–Crippen MR) is 87.3 cm³/mol. The first-order chi connectivity index (χ1) is 10.2. The molecule has 0 saturated heterocycles. The molecule has 1 amide bonds. The maximum absolute atomic E-state index is 12.0. The Balaban J connectivity index is 1.74. The largest absolute Gasteiger partial charge is 0.352 e. The molecule has 0 aliphatic heterocycles. The van der Waals surface area contributed by atoms with Crippen molar-refractivity contribution in [2.75, 3.05) is 6.54 Å². The summed E-state index contributed by atoms with van der Waals surface area (Å²) in [6.45, 7) is 4.66. The first-order valence-electron chi connectivity index (χ1n) is 8.30. The average molecular weight is 288 g/mol. The first-order valence-corrected chi connectivity index (χ1v) is 8.30. The number of hydrogen-bond acceptors (Lipinski definition) is 2. The van der Waals surface area contributed by atoms with Crippen molar-refractivity contribution < 1.29 is 4.79 Å². The summed E-state index contributed by atoms with van der Waals surface area (Å²) in [6, 6.07) is 9.22. The number of rotatable bonds is 6. The van der Waals surface area contributed by atoms with E-state index >= 15 is 0 Å². The lowest BCUT2D eigenvalue weighted by Gasteiger charge is -2.23. The number of benzene rings is 1. The minimum Gasteiger partial charge on any atom is -0.352 e. The van der Waals surface area contributed by atoms with Gasteiger partial charge in [-0.15, -0.1) is 0 Å². The lowest BCUT2D eigenvalue weighted by Crippen LogP contribution is -2.41. The van der Waals surface area contributed by atoms with Crippen LogP contribution >= 0.6 is 0 Å². The fraction of sp³-hybridized carbons (Fsp3) is 0.611. The molecule has 1 aliphatic rings. The van der Waals surface area contributed by atoms with Crippen molar-refractivity contribution in [2.24, 2.45) is 0 Å². The maximum Gasteiger partial charge on any atom is 0.234 e. The number of amides is 1. The zero-order valence-corrected chi connectivity index (χ0v) is 13.3. The molecule has 1 saturated carbocycles. The summed E-state index contributed by atoms with van der Waals surface area (Å²) >= 11 is 0. The summed E-state index contributed by atoms with van der Waals surface area (Å²) in [4.78, 5) is 12.0. The van der Waals surface area contributed by atoms with Gasteiger partial charge in [0.1, 0.15) is 0 Å². The van der Waals surface area contributed by atoms with Gasteiger partial charge in [-0.25, -0.2) is 0 Å². The van der Waals surface area contributed by atoms with Crippen molar-refractivity contribution >= 4 is 5.91 Å². The van der Waals surface area contributed by atoms with Crippen LogP contribution in [0.15, 0.2) is 24.3 Å². The Morgan fingerprint density at radius 1 is 1.19 bits per heavy atom. The highest BCUT2D eigenvalue weighted by molar-refractivity contribution is 5.78. The molecular weight excluding hydrogens is 260 g/mol. The number of nitrogens with one attached hydrogen (secondary N) is 2. The minimum absolute atomic E-state index is 0.124. The Morgan fingerprint density at radius 3 is 2.48 bits per heavy atom. The normalized spacial score (nSPS) is 17.4. The van der Waals surface area contributed by atoms with E-state index in [4.69, 9.17) is 0 Å². The van der Waals surface area contributed by atoms with Gasteiger partial charge in [-0.2, -0.15) is 0 Å². The summed E-state index contributed by atoms with van der Waals surface area (Å²) < 4.78 is 0. The van der Waals surface area contributed by atoms with Crippen LogP contribution in [0.25, 0.3) is 0 Å². The number of carbonyl (C=O) groups excluding carboxylic acids is 1. The van der Waals surface area contributed by atoms with E-state index in [9.17, 15) is 4.79 Å². The van der Waals surface area contributed by atoms with Crippen LogP contribution in [-0.2, 0) is 11.2 Å². The fourth-order valence-electron chi connectivity index (χ4n) is 2.93. The number of carbonyl (C=O) groups is 1. The fourth-order valence-corrected chi connectivity index (χ4v) is 2.93. The second kappa shape index (κ2) is 8.18. The molecular formula is C18H28N2O.